The lowest BCUT2D eigenvalue weighted by Crippen LogP contribution is -2.07. The van der Waals surface area contributed by atoms with Crippen LogP contribution < -0.4 is 10.5 Å². The van der Waals surface area contributed by atoms with Crippen LogP contribution in [0.1, 0.15) is 24.9 Å². The molecule has 0 aliphatic rings. The molecule has 1 unspecified atom stereocenters. The number of rotatable bonds is 5. The van der Waals surface area contributed by atoms with Gasteiger partial charge in [-0.15, -0.1) is 11.8 Å². The van der Waals surface area contributed by atoms with Crippen molar-refractivity contribution in [3.63, 3.8) is 0 Å². The van der Waals surface area contributed by atoms with Crippen molar-refractivity contribution in [2.45, 2.75) is 24.3 Å². The van der Waals surface area contributed by atoms with E-state index in [1.165, 1.54) is 4.90 Å². The zero-order chi connectivity index (χ0) is 13.7. The predicted octanol–water partition coefficient (Wildman–Crippen LogP) is 4.61. The summed E-state index contributed by atoms with van der Waals surface area (Å²) in [4.78, 5) is 1.23. The quantitative estimate of drug-likeness (QED) is 0.808. The van der Waals surface area contributed by atoms with Gasteiger partial charge in [-0.1, -0.05) is 19.1 Å². The van der Waals surface area contributed by atoms with Crippen molar-refractivity contribution in [3.8, 4) is 11.5 Å². The van der Waals surface area contributed by atoms with Crippen LogP contribution in [0.15, 0.2) is 53.4 Å². The second kappa shape index (κ2) is 6.64. The molecule has 0 fully saturated rings. The molecule has 0 heterocycles. The largest absolute Gasteiger partial charge is 0.457 e. The van der Waals surface area contributed by atoms with E-state index in [9.17, 15) is 0 Å². The van der Waals surface area contributed by atoms with Crippen LogP contribution in [0.25, 0.3) is 0 Å². The number of nitrogens with two attached hydrogens (primary N) is 1. The topological polar surface area (TPSA) is 35.2 Å². The number of benzene rings is 2. The predicted molar refractivity (Wildman–Crippen MR) is 82.0 cm³/mol. The summed E-state index contributed by atoms with van der Waals surface area (Å²) < 4.78 is 5.80. The maximum Gasteiger partial charge on any atom is 0.127 e. The zero-order valence-corrected chi connectivity index (χ0v) is 12.1. The fourth-order valence-electron chi connectivity index (χ4n) is 1.80. The van der Waals surface area contributed by atoms with Crippen molar-refractivity contribution in [3.05, 3.63) is 54.1 Å². The molecule has 2 N–H and O–H groups in total. The monoisotopic (exact) mass is 273 g/mol. The molecule has 100 valence electrons. The van der Waals surface area contributed by atoms with Crippen molar-refractivity contribution in [2.24, 2.45) is 5.73 Å². The molecule has 2 nitrogen and oxygen atoms in total. The van der Waals surface area contributed by atoms with Crippen LogP contribution in [-0.4, -0.2) is 6.26 Å². The van der Waals surface area contributed by atoms with E-state index >= 15 is 0 Å². The number of hydrogen-bond donors (Lipinski definition) is 1. The van der Waals surface area contributed by atoms with Gasteiger partial charge in [-0.05, 0) is 54.6 Å². The van der Waals surface area contributed by atoms with E-state index in [1.54, 1.807) is 11.8 Å². The minimum Gasteiger partial charge on any atom is -0.457 e. The van der Waals surface area contributed by atoms with Crippen molar-refractivity contribution < 1.29 is 4.74 Å². The number of ether oxygens (including phenoxy) is 1. The first-order valence-electron chi connectivity index (χ1n) is 6.40. The van der Waals surface area contributed by atoms with Crippen molar-refractivity contribution in [1.82, 2.24) is 0 Å². The second-order valence-electron chi connectivity index (χ2n) is 4.36. The molecule has 19 heavy (non-hydrogen) atoms. The van der Waals surface area contributed by atoms with Crippen molar-refractivity contribution in [1.29, 1.82) is 0 Å². The van der Waals surface area contributed by atoms with E-state index in [4.69, 9.17) is 10.5 Å². The molecular formula is C16H19NOS. The van der Waals surface area contributed by atoms with Gasteiger partial charge in [-0.2, -0.15) is 0 Å². The summed E-state index contributed by atoms with van der Waals surface area (Å²) >= 11 is 1.72. The second-order valence-corrected chi connectivity index (χ2v) is 5.24. The normalized spacial score (nSPS) is 12.2. The maximum absolute atomic E-state index is 5.99. The highest BCUT2D eigenvalue weighted by Crippen LogP contribution is 2.25. The molecule has 0 bridgehead atoms. The minimum atomic E-state index is 0.106. The van der Waals surface area contributed by atoms with Crippen molar-refractivity contribution >= 4 is 11.8 Å². The van der Waals surface area contributed by atoms with Crippen LogP contribution in [0.3, 0.4) is 0 Å². The standard InChI is InChI=1S/C16H19NOS/c1-3-16(17)12-4-6-13(7-5-12)18-14-8-10-15(19-2)11-9-14/h4-11,16H,3,17H2,1-2H3. The van der Waals surface area contributed by atoms with Crippen LogP contribution >= 0.6 is 11.8 Å². The van der Waals surface area contributed by atoms with Gasteiger partial charge < -0.3 is 10.5 Å². The van der Waals surface area contributed by atoms with Crippen LogP contribution in [0.2, 0.25) is 0 Å². The molecule has 2 aromatic carbocycles. The summed E-state index contributed by atoms with van der Waals surface area (Å²) in [5.74, 6) is 1.69. The molecular weight excluding hydrogens is 254 g/mol. The van der Waals surface area contributed by atoms with E-state index in [1.807, 2.05) is 36.4 Å². The Bertz CT molecular complexity index is 507. The maximum atomic E-state index is 5.99. The van der Waals surface area contributed by atoms with Gasteiger partial charge in [0.25, 0.3) is 0 Å². The molecule has 0 spiro atoms. The van der Waals surface area contributed by atoms with E-state index in [2.05, 4.69) is 25.3 Å². The third-order valence-electron chi connectivity index (χ3n) is 3.04. The van der Waals surface area contributed by atoms with Gasteiger partial charge in [-0.3, -0.25) is 0 Å². The van der Waals surface area contributed by atoms with Gasteiger partial charge in [0.1, 0.15) is 11.5 Å². The van der Waals surface area contributed by atoms with Crippen LogP contribution in [0, 0.1) is 0 Å². The fraction of sp³-hybridized carbons (Fsp3) is 0.250. The zero-order valence-electron chi connectivity index (χ0n) is 11.3. The van der Waals surface area contributed by atoms with Crippen LogP contribution in [-0.2, 0) is 0 Å². The molecule has 2 aromatic rings. The van der Waals surface area contributed by atoms with Crippen LogP contribution in [0.4, 0.5) is 0 Å². The van der Waals surface area contributed by atoms with Crippen molar-refractivity contribution in [2.75, 3.05) is 6.26 Å². The molecule has 0 saturated heterocycles. The van der Waals surface area contributed by atoms with Gasteiger partial charge in [-0.25, -0.2) is 0 Å². The Labute approximate surface area is 119 Å². The van der Waals surface area contributed by atoms with Gasteiger partial charge in [0.2, 0.25) is 0 Å². The molecule has 0 amide bonds. The Balaban J connectivity index is 2.06. The molecule has 0 radical (unpaired) electrons. The lowest BCUT2D eigenvalue weighted by molar-refractivity contribution is 0.481. The summed E-state index contributed by atoms with van der Waals surface area (Å²) in [6.07, 6.45) is 3.00. The molecule has 0 saturated carbocycles. The third-order valence-corrected chi connectivity index (χ3v) is 3.79. The molecule has 3 heteroatoms. The number of thioether (sulfide) groups is 1. The lowest BCUT2D eigenvalue weighted by Gasteiger charge is -2.10. The first-order chi connectivity index (χ1) is 9.22. The summed E-state index contributed by atoms with van der Waals surface area (Å²) in [6.45, 7) is 2.09. The number of hydrogen-bond acceptors (Lipinski definition) is 3. The van der Waals surface area contributed by atoms with Gasteiger partial charge >= 0.3 is 0 Å². The van der Waals surface area contributed by atoms with E-state index in [0.717, 1.165) is 23.5 Å². The summed E-state index contributed by atoms with van der Waals surface area (Å²) in [5.41, 5.74) is 7.13. The summed E-state index contributed by atoms with van der Waals surface area (Å²) in [5, 5.41) is 0. The summed E-state index contributed by atoms with van der Waals surface area (Å²) in [6, 6.07) is 16.2. The molecule has 0 aromatic heterocycles. The van der Waals surface area contributed by atoms with E-state index in [-0.39, 0.29) is 6.04 Å². The minimum absolute atomic E-state index is 0.106. The first kappa shape index (κ1) is 14.0. The molecule has 1 atom stereocenters. The molecule has 0 aliphatic heterocycles. The highest BCUT2D eigenvalue weighted by molar-refractivity contribution is 7.98. The van der Waals surface area contributed by atoms with E-state index < -0.39 is 0 Å². The first-order valence-corrected chi connectivity index (χ1v) is 7.63. The Kier molecular flexibility index (Phi) is 4.88. The fourth-order valence-corrected chi connectivity index (χ4v) is 2.21. The SMILES string of the molecule is CCC(N)c1ccc(Oc2ccc(SC)cc2)cc1. The summed E-state index contributed by atoms with van der Waals surface area (Å²) in [7, 11) is 0. The molecule has 0 aliphatic carbocycles. The lowest BCUT2D eigenvalue weighted by atomic mass is 10.1. The van der Waals surface area contributed by atoms with Gasteiger partial charge in [0.15, 0.2) is 0 Å². The average molecular weight is 273 g/mol. The highest BCUT2D eigenvalue weighted by atomic mass is 32.2. The third kappa shape index (κ3) is 3.75. The smallest absolute Gasteiger partial charge is 0.127 e. The Morgan fingerprint density at radius 3 is 2.00 bits per heavy atom. The highest BCUT2D eigenvalue weighted by Gasteiger charge is 2.03. The average Bonchev–Trinajstić information content (AvgIpc) is 2.48. The van der Waals surface area contributed by atoms with Gasteiger partial charge in [0, 0.05) is 10.9 Å². The Morgan fingerprint density at radius 2 is 1.53 bits per heavy atom. The van der Waals surface area contributed by atoms with Crippen LogP contribution in [0.5, 0.6) is 11.5 Å². The van der Waals surface area contributed by atoms with Gasteiger partial charge in [0.05, 0.1) is 0 Å². The van der Waals surface area contributed by atoms with E-state index in [0.29, 0.717) is 0 Å². The molecule has 2 rings (SSSR count). The Hall–Kier alpha value is -1.45. The Morgan fingerprint density at radius 1 is 1.00 bits per heavy atom.